The lowest BCUT2D eigenvalue weighted by atomic mass is 10.1. The molecule has 0 unspecified atom stereocenters. The van der Waals surface area contributed by atoms with Gasteiger partial charge in [-0.05, 0) is 38.0 Å². The Kier molecular flexibility index (Phi) is 3.80. The van der Waals surface area contributed by atoms with Crippen LogP contribution in [-0.4, -0.2) is 31.7 Å². The van der Waals surface area contributed by atoms with Gasteiger partial charge in [0.2, 0.25) is 0 Å². The van der Waals surface area contributed by atoms with Crippen molar-refractivity contribution in [2.45, 2.75) is 25.8 Å². The van der Waals surface area contributed by atoms with Crippen LogP contribution in [0, 0.1) is 0 Å². The number of rotatable bonds is 3. The van der Waals surface area contributed by atoms with Gasteiger partial charge in [-0.25, -0.2) is 8.42 Å². The topological polar surface area (TPSA) is 89.3 Å². The summed E-state index contributed by atoms with van der Waals surface area (Å²) in [6.07, 6.45) is 1.22. The Labute approximate surface area is 113 Å². The summed E-state index contributed by atoms with van der Waals surface area (Å²) in [5.41, 5.74) is 7.60. The minimum Gasteiger partial charge on any atom is -0.398 e. The number of carbonyl (C=O) groups excluding carboxylic acids is 1. The summed E-state index contributed by atoms with van der Waals surface area (Å²) in [6, 6.07) is 5.36. The molecule has 1 aliphatic rings. The van der Waals surface area contributed by atoms with Crippen molar-refractivity contribution in [3.05, 3.63) is 23.8 Å². The van der Waals surface area contributed by atoms with Crippen molar-refractivity contribution in [2.24, 2.45) is 0 Å². The van der Waals surface area contributed by atoms with Gasteiger partial charge in [0.05, 0.1) is 11.5 Å². The van der Waals surface area contributed by atoms with Crippen LogP contribution in [0.25, 0.3) is 0 Å². The Balaban J connectivity index is 2.04. The molecule has 6 heteroatoms. The van der Waals surface area contributed by atoms with Crippen LogP contribution in [-0.2, 0) is 9.84 Å². The molecule has 19 heavy (non-hydrogen) atoms. The van der Waals surface area contributed by atoms with Gasteiger partial charge in [-0.1, -0.05) is 0 Å². The highest BCUT2D eigenvalue weighted by molar-refractivity contribution is 7.91. The van der Waals surface area contributed by atoms with Crippen LogP contribution in [0.5, 0.6) is 0 Å². The predicted molar refractivity (Wildman–Crippen MR) is 76.2 cm³/mol. The normalized spacial score (nSPS) is 19.0. The fraction of sp³-hybridized carbons (Fsp3) is 0.462. The van der Waals surface area contributed by atoms with Crippen molar-refractivity contribution in [3.63, 3.8) is 0 Å². The lowest BCUT2D eigenvalue weighted by Gasteiger charge is -2.24. The Hall–Kier alpha value is -1.56. The molecule has 0 bridgehead atoms. The van der Waals surface area contributed by atoms with Crippen LogP contribution in [0.2, 0.25) is 0 Å². The molecule has 1 heterocycles. The van der Waals surface area contributed by atoms with E-state index in [1.807, 2.05) is 0 Å². The van der Waals surface area contributed by atoms with Crippen LogP contribution < -0.4 is 11.1 Å². The molecular weight excluding hydrogens is 264 g/mol. The average molecular weight is 282 g/mol. The maximum Gasteiger partial charge on any atom is 0.161 e. The van der Waals surface area contributed by atoms with Crippen LogP contribution >= 0.6 is 0 Å². The van der Waals surface area contributed by atoms with Crippen LogP contribution in [0.15, 0.2) is 18.2 Å². The number of carbonyl (C=O) groups is 1. The molecule has 1 fully saturated rings. The summed E-state index contributed by atoms with van der Waals surface area (Å²) in [6.45, 7) is 1.48. The number of sulfone groups is 1. The minimum absolute atomic E-state index is 0.0622. The van der Waals surface area contributed by atoms with E-state index in [4.69, 9.17) is 5.73 Å². The van der Waals surface area contributed by atoms with E-state index in [0.717, 1.165) is 5.69 Å². The van der Waals surface area contributed by atoms with E-state index in [1.54, 1.807) is 18.2 Å². The molecule has 1 aliphatic heterocycles. The zero-order chi connectivity index (χ0) is 14.0. The van der Waals surface area contributed by atoms with Gasteiger partial charge in [0.1, 0.15) is 9.84 Å². The third-order valence-electron chi connectivity index (χ3n) is 3.36. The van der Waals surface area contributed by atoms with E-state index in [9.17, 15) is 13.2 Å². The molecule has 3 N–H and O–H groups in total. The van der Waals surface area contributed by atoms with E-state index in [-0.39, 0.29) is 23.3 Å². The fourth-order valence-corrected chi connectivity index (χ4v) is 3.73. The number of nitrogens with one attached hydrogen (secondary N) is 1. The largest absolute Gasteiger partial charge is 0.398 e. The maximum absolute atomic E-state index is 11.3. The summed E-state index contributed by atoms with van der Waals surface area (Å²) < 4.78 is 22.7. The van der Waals surface area contributed by atoms with Gasteiger partial charge in [-0.3, -0.25) is 4.79 Å². The second-order valence-corrected chi connectivity index (χ2v) is 7.23. The van der Waals surface area contributed by atoms with E-state index >= 15 is 0 Å². The number of benzene rings is 1. The molecule has 1 aromatic rings. The van der Waals surface area contributed by atoms with Gasteiger partial charge in [0.15, 0.2) is 5.78 Å². The van der Waals surface area contributed by atoms with Gasteiger partial charge >= 0.3 is 0 Å². The first-order valence-corrected chi connectivity index (χ1v) is 8.07. The summed E-state index contributed by atoms with van der Waals surface area (Å²) >= 11 is 0. The van der Waals surface area contributed by atoms with Gasteiger partial charge in [0.25, 0.3) is 0 Å². The quantitative estimate of drug-likeness (QED) is 0.647. The molecule has 0 saturated carbocycles. The van der Waals surface area contributed by atoms with E-state index in [0.29, 0.717) is 24.1 Å². The minimum atomic E-state index is -2.84. The van der Waals surface area contributed by atoms with E-state index in [2.05, 4.69) is 5.32 Å². The highest BCUT2D eigenvalue weighted by Crippen LogP contribution is 2.22. The van der Waals surface area contributed by atoms with Crippen molar-refractivity contribution in [2.75, 3.05) is 22.6 Å². The summed E-state index contributed by atoms with van der Waals surface area (Å²) in [4.78, 5) is 11.3. The lowest BCUT2D eigenvalue weighted by molar-refractivity contribution is 0.101. The fourth-order valence-electron chi connectivity index (χ4n) is 2.24. The second kappa shape index (κ2) is 5.21. The molecule has 1 saturated heterocycles. The molecule has 0 radical (unpaired) electrons. The Morgan fingerprint density at radius 3 is 2.47 bits per heavy atom. The van der Waals surface area contributed by atoms with Crippen molar-refractivity contribution in [1.29, 1.82) is 0 Å². The molecule has 0 amide bonds. The van der Waals surface area contributed by atoms with Gasteiger partial charge in [-0.15, -0.1) is 0 Å². The van der Waals surface area contributed by atoms with E-state index in [1.165, 1.54) is 6.92 Å². The number of anilines is 2. The Morgan fingerprint density at radius 1 is 1.32 bits per heavy atom. The highest BCUT2D eigenvalue weighted by Gasteiger charge is 2.23. The average Bonchev–Trinajstić information content (AvgIpc) is 2.31. The van der Waals surface area contributed by atoms with Crippen molar-refractivity contribution in [1.82, 2.24) is 0 Å². The monoisotopic (exact) mass is 282 g/mol. The first-order chi connectivity index (χ1) is 8.87. The number of ketones is 1. The zero-order valence-electron chi connectivity index (χ0n) is 10.8. The molecule has 0 spiro atoms. The van der Waals surface area contributed by atoms with Crippen molar-refractivity contribution >= 4 is 27.0 Å². The summed E-state index contributed by atoms with van der Waals surface area (Å²) in [5, 5.41) is 3.27. The van der Waals surface area contributed by atoms with E-state index < -0.39 is 9.84 Å². The molecule has 2 rings (SSSR count). The molecular formula is C13H18N2O3S. The number of nitrogen functional groups attached to an aromatic ring is 1. The summed E-state index contributed by atoms with van der Waals surface area (Å²) in [7, 11) is -2.84. The molecule has 104 valence electrons. The first kappa shape index (κ1) is 13.9. The molecule has 0 aliphatic carbocycles. The Bertz CT molecular complexity index is 582. The Morgan fingerprint density at radius 2 is 1.95 bits per heavy atom. The van der Waals surface area contributed by atoms with Gasteiger partial charge in [0, 0.05) is 23.0 Å². The number of Topliss-reactive ketones (excluding diaryl/α,β-unsaturated/α-hetero) is 1. The van der Waals surface area contributed by atoms with Gasteiger partial charge < -0.3 is 11.1 Å². The third-order valence-corrected chi connectivity index (χ3v) is 5.07. The van der Waals surface area contributed by atoms with Crippen molar-refractivity contribution < 1.29 is 13.2 Å². The van der Waals surface area contributed by atoms with Crippen molar-refractivity contribution in [3.8, 4) is 0 Å². The van der Waals surface area contributed by atoms with Gasteiger partial charge in [-0.2, -0.15) is 0 Å². The molecule has 0 atom stereocenters. The summed E-state index contributed by atoms with van der Waals surface area (Å²) in [5.74, 6) is 0.393. The third kappa shape index (κ3) is 3.47. The van der Waals surface area contributed by atoms with Crippen LogP contribution in [0.1, 0.15) is 30.1 Å². The smallest absolute Gasteiger partial charge is 0.161 e. The highest BCUT2D eigenvalue weighted by atomic mass is 32.2. The van der Waals surface area contributed by atoms with Crippen LogP contribution in [0.4, 0.5) is 11.4 Å². The SMILES string of the molecule is CC(=O)c1ccc(NC2CCS(=O)(=O)CC2)cc1N. The van der Waals surface area contributed by atoms with Crippen LogP contribution in [0.3, 0.4) is 0 Å². The first-order valence-electron chi connectivity index (χ1n) is 6.25. The predicted octanol–water partition coefficient (Wildman–Crippen LogP) is 1.46. The number of hydrogen-bond acceptors (Lipinski definition) is 5. The molecule has 5 nitrogen and oxygen atoms in total. The second-order valence-electron chi connectivity index (χ2n) is 4.93. The standard InChI is InChI=1S/C13H18N2O3S/c1-9(16)12-3-2-11(8-13(12)14)15-10-4-6-19(17,18)7-5-10/h2-3,8,10,15H,4-7,14H2,1H3. The molecule has 0 aromatic heterocycles. The zero-order valence-corrected chi connectivity index (χ0v) is 11.7. The maximum atomic E-state index is 11.3. The number of hydrogen-bond donors (Lipinski definition) is 2. The number of nitrogens with two attached hydrogens (primary N) is 1. The molecule has 1 aromatic carbocycles. The lowest BCUT2D eigenvalue weighted by Crippen LogP contribution is -2.32.